The van der Waals surface area contributed by atoms with Gasteiger partial charge in [-0.2, -0.15) is 0 Å². The van der Waals surface area contributed by atoms with Gasteiger partial charge >= 0.3 is 0 Å². The molecule has 0 saturated heterocycles. The van der Waals surface area contributed by atoms with E-state index in [1.807, 2.05) is 0 Å². The van der Waals surface area contributed by atoms with E-state index in [9.17, 15) is 0 Å². The summed E-state index contributed by atoms with van der Waals surface area (Å²) < 4.78 is 2.17. The Morgan fingerprint density at radius 3 is 2.62 bits per heavy atom. The Labute approximate surface area is 83.1 Å². The van der Waals surface area contributed by atoms with E-state index in [1.165, 1.54) is 12.8 Å². The molecule has 1 fully saturated rings. The molecule has 3 nitrogen and oxygen atoms in total. The van der Waals surface area contributed by atoms with Gasteiger partial charge in [0.1, 0.15) is 11.6 Å². The third-order valence-electron chi connectivity index (χ3n) is 2.37. The predicted molar refractivity (Wildman–Crippen MR) is 51.9 cm³/mol. The molecule has 1 aromatic heterocycles. The standard InChI is InChI=1S/C9H14ClN3/c1-6(2)13-8(5-10)11-12-9(13)7-3-4-7/h6-7H,3-5H2,1-2H3. The summed E-state index contributed by atoms with van der Waals surface area (Å²) in [6, 6.07) is 0.416. The van der Waals surface area contributed by atoms with E-state index >= 15 is 0 Å². The monoisotopic (exact) mass is 199 g/mol. The fourth-order valence-electron chi connectivity index (χ4n) is 1.61. The molecule has 0 unspecified atom stereocenters. The minimum absolute atomic E-state index is 0.416. The molecule has 1 aliphatic rings. The molecule has 1 aliphatic carbocycles. The van der Waals surface area contributed by atoms with Crippen molar-refractivity contribution in [3.8, 4) is 0 Å². The SMILES string of the molecule is CC(C)n1c(CCl)nnc1C1CC1. The Balaban J connectivity index is 2.38. The van der Waals surface area contributed by atoms with Gasteiger partial charge in [0.2, 0.25) is 0 Å². The maximum atomic E-state index is 5.79. The predicted octanol–water partition coefficient (Wildman–Crippen LogP) is 2.48. The molecule has 1 heterocycles. The second-order valence-electron chi connectivity index (χ2n) is 3.85. The minimum atomic E-state index is 0.416. The molecule has 0 amide bonds. The lowest BCUT2D eigenvalue weighted by molar-refractivity contribution is 0.552. The number of rotatable bonds is 3. The summed E-state index contributed by atoms with van der Waals surface area (Å²) in [4.78, 5) is 0. The summed E-state index contributed by atoms with van der Waals surface area (Å²) >= 11 is 5.79. The van der Waals surface area contributed by atoms with Crippen molar-refractivity contribution in [2.45, 2.75) is 44.5 Å². The summed E-state index contributed by atoms with van der Waals surface area (Å²) in [6.45, 7) is 4.29. The zero-order valence-electron chi connectivity index (χ0n) is 8.00. The first kappa shape index (κ1) is 9.00. The average molecular weight is 200 g/mol. The summed E-state index contributed by atoms with van der Waals surface area (Å²) in [7, 11) is 0. The van der Waals surface area contributed by atoms with Crippen LogP contribution in [0.2, 0.25) is 0 Å². The Bertz CT molecular complexity index is 302. The van der Waals surface area contributed by atoms with Crippen LogP contribution >= 0.6 is 11.6 Å². The molecule has 0 bridgehead atoms. The van der Waals surface area contributed by atoms with Crippen molar-refractivity contribution in [1.82, 2.24) is 14.8 Å². The molecule has 13 heavy (non-hydrogen) atoms. The van der Waals surface area contributed by atoms with Gasteiger partial charge in [-0.15, -0.1) is 21.8 Å². The number of nitrogens with zero attached hydrogens (tertiary/aromatic N) is 3. The Kier molecular flexibility index (Phi) is 2.28. The molecule has 2 rings (SSSR count). The lowest BCUT2D eigenvalue weighted by Gasteiger charge is -2.12. The van der Waals surface area contributed by atoms with Crippen LogP contribution in [0.4, 0.5) is 0 Å². The highest BCUT2D eigenvalue weighted by Crippen LogP contribution is 2.40. The van der Waals surface area contributed by atoms with Gasteiger partial charge in [0.05, 0.1) is 5.88 Å². The molecule has 4 heteroatoms. The van der Waals surface area contributed by atoms with Crippen molar-refractivity contribution in [1.29, 1.82) is 0 Å². The van der Waals surface area contributed by atoms with Crippen molar-refractivity contribution in [3.05, 3.63) is 11.6 Å². The number of alkyl halides is 1. The van der Waals surface area contributed by atoms with Crippen LogP contribution in [-0.2, 0) is 5.88 Å². The van der Waals surface area contributed by atoms with E-state index in [4.69, 9.17) is 11.6 Å². The van der Waals surface area contributed by atoms with Crippen LogP contribution in [0.15, 0.2) is 0 Å². The second-order valence-corrected chi connectivity index (χ2v) is 4.11. The van der Waals surface area contributed by atoms with Crippen molar-refractivity contribution >= 4 is 11.6 Å². The van der Waals surface area contributed by atoms with Crippen LogP contribution < -0.4 is 0 Å². The molecular weight excluding hydrogens is 186 g/mol. The van der Waals surface area contributed by atoms with Crippen molar-refractivity contribution in [2.75, 3.05) is 0 Å². The number of hydrogen-bond acceptors (Lipinski definition) is 2. The third kappa shape index (κ3) is 1.57. The Morgan fingerprint density at radius 1 is 1.46 bits per heavy atom. The van der Waals surface area contributed by atoms with Gasteiger partial charge in [-0.25, -0.2) is 0 Å². The highest BCUT2D eigenvalue weighted by Gasteiger charge is 2.30. The van der Waals surface area contributed by atoms with Crippen LogP contribution in [0.1, 0.15) is 50.3 Å². The minimum Gasteiger partial charge on any atom is -0.311 e. The molecule has 0 aliphatic heterocycles. The van der Waals surface area contributed by atoms with E-state index in [0.29, 0.717) is 17.8 Å². The van der Waals surface area contributed by atoms with E-state index in [0.717, 1.165) is 11.6 Å². The molecule has 72 valence electrons. The number of halogens is 1. The second kappa shape index (κ2) is 3.29. The van der Waals surface area contributed by atoms with Gasteiger partial charge < -0.3 is 4.57 Å². The van der Waals surface area contributed by atoms with Crippen LogP contribution in [-0.4, -0.2) is 14.8 Å². The van der Waals surface area contributed by atoms with Crippen molar-refractivity contribution < 1.29 is 0 Å². The molecule has 0 aromatic carbocycles. The number of hydrogen-bond donors (Lipinski definition) is 0. The highest BCUT2D eigenvalue weighted by atomic mass is 35.5. The topological polar surface area (TPSA) is 30.7 Å². The summed E-state index contributed by atoms with van der Waals surface area (Å²) in [5.74, 6) is 3.13. The number of aromatic nitrogens is 3. The molecular formula is C9H14ClN3. The van der Waals surface area contributed by atoms with Crippen LogP contribution in [0.3, 0.4) is 0 Å². The fraction of sp³-hybridized carbons (Fsp3) is 0.778. The Hall–Kier alpha value is -0.570. The van der Waals surface area contributed by atoms with Crippen molar-refractivity contribution in [2.24, 2.45) is 0 Å². The van der Waals surface area contributed by atoms with E-state index in [-0.39, 0.29) is 0 Å². The largest absolute Gasteiger partial charge is 0.311 e. The normalized spacial score (nSPS) is 16.9. The van der Waals surface area contributed by atoms with Crippen LogP contribution in [0, 0.1) is 0 Å². The van der Waals surface area contributed by atoms with Gasteiger partial charge in [-0.3, -0.25) is 0 Å². The molecule has 0 atom stereocenters. The molecule has 1 aromatic rings. The lowest BCUT2D eigenvalue weighted by Crippen LogP contribution is -2.08. The third-order valence-corrected chi connectivity index (χ3v) is 2.61. The van der Waals surface area contributed by atoms with Crippen LogP contribution in [0.5, 0.6) is 0 Å². The lowest BCUT2D eigenvalue weighted by atomic mass is 10.3. The van der Waals surface area contributed by atoms with E-state index in [1.54, 1.807) is 0 Å². The maximum absolute atomic E-state index is 5.79. The average Bonchev–Trinajstić information content (AvgIpc) is 2.84. The van der Waals surface area contributed by atoms with E-state index < -0.39 is 0 Å². The smallest absolute Gasteiger partial charge is 0.148 e. The summed E-state index contributed by atoms with van der Waals surface area (Å²) in [5, 5.41) is 8.30. The quantitative estimate of drug-likeness (QED) is 0.701. The fourth-order valence-corrected chi connectivity index (χ4v) is 1.79. The highest BCUT2D eigenvalue weighted by molar-refractivity contribution is 6.16. The van der Waals surface area contributed by atoms with Gasteiger partial charge in [-0.05, 0) is 26.7 Å². The van der Waals surface area contributed by atoms with Gasteiger partial charge in [0.15, 0.2) is 0 Å². The zero-order chi connectivity index (χ0) is 9.42. The molecule has 1 saturated carbocycles. The van der Waals surface area contributed by atoms with Crippen LogP contribution in [0.25, 0.3) is 0 Å². The van der Waals surface area contributed by atoms with Crippen molar-refractivity contribution in [3.63, 3.8) is 0 Å². The van der Waals surface area contributed by atoms with E-state index in [2.05, 4.69) is 28.6 Å². The van der Waals surface area contributed by atoms with Gasteiger partial charge in [0, 0.05) is 12.0 Å². The molecule has 0 radical (unpaired) electrons. The molecule has 0 N–H and O–H groups in total. The zero-order valence-corrected chi connectivity index (χ0v) is 8.75. The molecule has 0 spiro atoms. The van der Waals surface area contributed by atoms with Gasteiger partial charge in [0.25, 0.3) is 0 Å². The van der Waals surface area contributed by atoms with Gasteiger partial charge in [-0.1, -0.05) is 0 Å². The first-order valence-electron chi connectivity index (χ1n) is 4.73. The summed E-state index contributed by atoms with van der Waals surface area (Å²) in [6.07, 6.45) is 2.51. The summed E-state index contributed by atoms with van der Waals surface area (Å²) in [5.41, 5.74) is 0. The first-order valence-corrected chi connectivity index (χ1v) is 5.27. The first-order chi connectivity index (χ1) is 6.24. The maximum Gasteiger partial charge on any atom is 0.148 e. The Morgan fingerprint density at radius 2 is 2.15 bits per heavy atom.